The topological polar surface area (TPSA) is 77.8 Å². The Morgan fingerprint density at radius 1 is 1.37 bits per heavy atom. The summed E-state index contributed by atoms with van der Waals surface area (Å²) >= 11 is 0. The smallest absolute Gasteiger partial charge is 0.218 e. The number of anilines is 1. The Morgan fingerprint density at radius 2 is 2.21 bits per heavy atom. The Balaban J connectivity index is 1.87. The molecular weight excluding hydrogens is 244 g/mol. The first-order valence-electron chi connectivity index (χ1n) is 6.20. The van der Waals surface area contributed by atoms with E-state index in [4.69, 9.17) is 4.74 Å². The summed E-state index contributed by atoms with van der Waals surface area (Å²) in [5.74, 6) is 2.25. The van der Waals surface area contributed by atoms with Crippen molar-refractivity contribution >= 4 is 5.82 Å². The van der Waals surface area contributed by atoms with Crippen LogP contribution in [0, 0.1) is 0 Å². The lowest BCUT2D eigenvalue weighted by molar-refractivity contribution is 0.232. The van der Waals surface area contributed by atoms with Gasteiger partial charge in [-0.2, -0.15) is 0 Å². The lowest BCUT2D eigenvalue weighted by atomic mass is 10.4. The molecule has 1 N–H and O–H groups in total. The molecule has 7 heteroatoms. The molecule has 2 rings (SSSR count). The van der Waals surface area contributed by atoms with E-state index in [2.05, 4.69) is 25.5 Å². The minimum absolute atomic E-state index is 0.0985. The van der Waals surface area contributed by atoms with E-state index < -0.39 is 0 Å². The molecule has 7 nitrogen and oxygen atoms in total. The third-order valence-electron chi connectivity index (χ3n) is 2.46. The van der Waals surface area contributed by atoms with Crippen LogP contribution < -0.4 is 10.1 Å². The predicted octanol–water partition coefficient (Wildman–Crippen LogP) is 1.05. The van der Waals surface area contributed by atoms with Crippen LogP contribution in [0.2, 0.25) is 0 Å². The number of ether oxygens (including phenoxy) is 1. The van der Waals surface area contributed by atoms with Crippen LogP contribution in [0.1, 0.15) is 19.7 Å². The third kappa shape index (κ3) is 3.90. The first-order valence-corrected chi connectivity index (χ1v) is 6.20. The van der Waals surface area contributed by atoms with Crippen LogP contribution >= 0.6 is 0 Å². The Labute approximate surface area is 112 Å². The van der Waals surface area contributed by atoms with Crippen LogP contribution in [0.25, 0.3) is 0 Å². The number of aryl methyl sites for hydroxylation is 1. The largest absolute Gasteiger partial charge is 0.475 e. The minimum Gasteiger partial charge on any atom is -0.475 e. The van der Waals surface area contributed by atoms with E-state index in [-0.39, 0.29) is 6.10 Å². The average molecular weight is 262 g/mol. The minimum atomic E-state index is 0.0985. The van der Waals surface area contributed by atoms with Crippen LogP contribution in [-0.4, -0.2) is 37.4 Å². The number of aromatic nitrogens is 5. The highest BCUT2D eigenvalue weighted by Crippen LogP contribution is 2.12. The number of hydrogen-bond acceptors (Lipinski definition) is 6. The van der Waals surface area contributed by atoms with Gasteiger partial charge >= 0.3 is 0 Å². The standard InChI is InChI=1S/C12H18N6O/c1-9(2)19-12-6-10(14-7-15-12)13-5-4-11-17-16-8-18(11)3/h6-9H,4-5H2,1-3H3,(H,13,14,15). The van der Waals surface area contributed by atoms with Gasteiger partial charge in [-0.1, -0.05) is 0 Å². The van der Waals surface area contributed by atoms with E-state index in [0.717, 1.165) is 24.6 Å². The number of nitrogens with one attached hydrogen (secondary N) is 1. The third-order valence-corrected chi connectivity index (χ3v) is 2.46. The molecule has 0 aliphatic heterocycles. The van der Waals surface area contributed by atoms with Gasteiger partial charge in [0.15, 0.2) is 0 Å². The maximum atomic E-state index is 5.51. The lowest BCUT2D eigenvalue weighted by Crippen LogP contribution is -2.11. The fourth-order valence-corrected chi connectivity index (χ4v) is 1.58. The number of hydrogen-bond donors (Lipinski definition) is 1. The van der Waals surface area contributed by atoms with Gasteiger partial charge in [0.05, 0.1) is 6.10 Å². The van der Waals surface area contributed by atoms with Crippen LogP contribution in [0.5, 0.6) is 5.88 Å². The van der Waals surface area contributed by atoms with E-state index in [9.17, 15) is 0 Å². The van der Waals surface area contributed by atoms with Crippen LogP contribution in [0.4, 0.5) is 5.82 Å². The van der Waals surface area contributed by atoms with Gasteiger partial charge in [-0.15, -0.1) is 10.2 Å². The molecular formula is C12H18N6O. The van der Waals surface area contributed by atoms with Crippen molar-refractivity contribution in [2.45, 2.75) is 26.4 Å². The molecule has 0 spiro atoms. The molecule has 0 aromatic carbocycles. The van der Waals surface area contributed by atoms with Crippen LogP contribution in [0.3, 0.4) is 0 Å². The molecule has 0 unspecified atom stereocenters. The van der Waals surface area contributed by atoms with Gasteiger partial charge < -0.3 is 14.6 Å². The Morgan fingerprint density at radius 3 is 2.89 bits per heavy atom. The molecule has 0 aliphatic rings. The molecule has 2 aromatic rings. The van der Waals surface area contributed by atoms with Crippen molar-refractivity contribution in [3.8, 4) is 5.88 Å². The van der Waals surface area contributed by atoms with Crippen LogP contribution in [-0.2, 0) is 13.5 Å². The van der Waals surface area contributed by atoms with Crippen molar-refractivity contribution in [1.29, 1.82) is 0 Å². The predicted molar refractivity (Wildman–Crippen MR) is 71.0 cm³/mol. The van der Waals surface area contributed by atoms with Gasteiger partial charge in [0.25, 0.3) is 0 Å². The van der Waals surface area contributed by atoms with E-state index >= 15 is 0 Å². The zero-order valence-electron chi connectivity index (χ0n) is 11.4. The summed E-state index contributed by atoms with van der Waals surface area (Å²) in [5.41, 5.74) is 0. The summed E-state index contributed by atoms with van der Waals surface area (Å²) in [7, 11) is 1.93. The summed E-state index contributed by atoms with van der Waals surface area (Å²) in [6.45, 7) is 4.65. The maximum absolute atomic E-state index is 5.51. The lowest BCUT2D eigenvalue weighted by Gasteiger charge is -2.10. The Kier molecular flexibility index (Phi) is 4.27. The second kappa shape index (κ2) is 6.12. The summed E-state index contributed by atoms with van der Waals surface area (Å²) in [5, 5.41) is 11.1. The molecule has 102 valence electrons. The quantitative estimate of drug-likeness (QED) is 0.838. The monoisotopic (exact) mass is 262 g/mol. The highest BCUT2D eigenvalue weighted by Gasteiger charge is 2.03. The first-order chi connectivity index (χ1) is 9.15. The van der Waals surface area contributed by atoms with E-state index in [1.807, 2.05) is 25.5 Å². The van der Waals surface area contributed by atoms with Gasteiger partial charge in [-0.05, 0) is 13.8 Å². The molecule has 0 atom stereocenters. The first kappa shape index (κ1) is 13.3. The van der Waals surface area contributed by atoms with Crippen molar-refractivity contribution in [2.75, 3.05) is 11.9 Å². The zero-order chi connectivity index (χ0) is 13.7. The molecule has 0 saturated carbocycles. The van der Waals surface area contributed by atoms with E-state index in [0.29, 0.717) is 5.88 Å². The second-order valence-electron chi connectivity index (χ2n) is 4.44. The van der Waals surface area contributed by atoms with Crippen molar-refractivity contribution < 1.29 is 4.74 Å². The summed E-state index contributed by atoms with van der Waals surface area (Å²) < 4.78 is 7.41. The highest BCUT2D eigenvalue weighted by atomic mass is 16.5. The second-order valence-corrected chi connectivity index (χ2v) is 4.44. The van der Waals surface area contributed by atoms with Gasteiger partial charge in [0, 0.05) is 26.1 Å². The molecule has 0 saturated heterocycles. The molecule has 0 fully saturated rings. The fraction of sp³-hybridized carbons (Fsp3) is 0.500. The molecule has 0 amide bonds. The van der Waals surface area contributed by atoms with Gasteiger partial charge in [-0.25, -0.2) is 9.97 Å². The van der Waals surface area contributed by atoms with Crippen molar-refractivity contribution in [1.82, 2.24) is 24.7 Å². The Bertz CT molecular complexity index is 524. The number of nitrogens with zero attached hydrogens (tertiary/aromatic N) is 5. The summed E-state index contributed by atoms with van der Waals surface area (Å²) in [6.07, 6.45) is 4.05. The van der Waals surface area contributed by atoms with Crippen molar-refractivity contribution in [3.05, 3.63) is 24.5 Å². The molecule has 19 heavy (non-hydrogen) atoms. The average Bonchev–Trinajstić information content (AvgIpc) is 2.75. The molecule has 0 aliphatic carbocycles. The summed E-state index contributed by atoms with van der Waals surface area (Å²) in [4.78, 5) is 8.19. The molecule has 2 heterocycles. The Hall–Kier alpha value is -2.18. The molecule has 0 radical (unpaired) electrons. The SMILES string of the molecule is CC(C)Oc1cc(NCCc2nncn2C)ncn1. The molecule has 2 aromatic heterocycles. The normalized spacial score (nSPS) is 10.7. The maximum Gasteiger partial charge on any atom is 0.218 e. The van der Waals surface area contributed by atoms with Gasteiger partial charge in [0.2, 0.25) is 5.88 Å². The number of rotatable bonds is 6. The van der Waals surface area contributed by atoms with Crippen LogP contribution in [0.15, 0.2) is 18.7 Å². The summed E-state index contributed by atoms with van der Waals surface area (Å²) in [6, 6.07) is 1.79. The van der Waals surface area contributed by atoms with Gasteiger partial charge in [-0.3, -0.25) is 0 Å². The zero-order valence-corrected chi connectivity index (χ0v) is 11.4. The van der Waals surface area contributed by atoms with Crippen molar-refractivity contribution in [3.63, 3.8) is 0 Å². The van der Waals surface area contributed by atoms with E-state index in [1.165, 1.54) is 6.33 Å². The molecule has 0 bridgehead atoms. The van der Waals surface area contributed by atoms with E-state index in [1.54, 1.807) is 12.4 Å². The van der Waals surface area contributed by atoms with Crippen molar-refractivity contribution in [2.24, 2.45) is 7.05 Å². The fourth-order valence-electron chi connectivity index (χ4n) is 1.58. The van der Waals surface area contributed by atoms with Gasteiger partial charge in [0.1, 0.15) is 24.3 Å². The highest BCUT2D eigenvalue weighted by molar-refractivity contribution is 5.37.